The molecule has 7 nitrogen and oxygen atoms in total. The van der Waals surface area contributed by atoms with Gasteiger partial charge in [0.2, 0.25) is 0 Å². The van der Waals surface area contributed by atoms with Crippen LogP contribution in [0.2, 0.25) is 5.02 Å². The van der Waals surface area contributed by atoms with Crippen LogP contribution < -0.4 is 10.6 Å². The van der Waals surface area contributed by atoms with Crippen LogP contribution in [0.4, 0.5) is 16.0 Å². The number of pyridine rings is 2. The average Bonchev–Trinajstić information content (AvgIpc) is 3.16. The molecular formula is C21H16Cl2FN7. The molecule has 3 aromatic heterocycles. The summed E-state index contributed by atoms with van der Waals surface area (Å²) in [4.78, 5) is 8.62. The van der Waals surface area contributed by atoms with E-state index in [9.17, 15) is 9.65 Å². The van der Waals surface area contributed by atoms with Gasteiger partial charge in [-0.25, -0.2) is 19.0 Å². The minimum Gasteiger partial charge on any atom is -0.324 e. The van der Waals surface area contributed by atoms with Crippen molar-refractivity contribution in [2.75, 3.05) is 18.4 Å². The van der Waals surface area contributed by atoms with Crippen molar-refractivity contribution in [2.24, 2.45) is 0 Å². The first-order chi connectivity index (χ1) is 14.6. The second kappa shape index (κ2) is 8.47. The van der Waals surface area contributed by atoms with Crippen molar-refractivity contribution >= 4 is 46.5 Å². The zero-order valence-electron chi connectivity index (χ0n) is 16.0. The molecule has 0 amide bonds. The lowest BCUT2D eigenvalue weighted by Crippen LogP contribution is -2.39. The predicted molar refractivity (Wildman–Crippen MR) is 119 cm³/mol. The van der Waals surface area contributed by atoms with Crippen LogP contribution in [0.3, 0.4) is 0 Å². The molecule has 10 heteroatoms. The van der Waals surface area contributed by atoms with Gasteiger partial charge in [-0.05, 0) is 23.8 Å². The van der Waals surface area contributed by atoms with Gasteiger partial charge >= 0.3 is 0 Å². The topological polar surface area (TPSA) is 91.5 Å². The lowest BCUT2D eigenvalue weighted by Gasteiger charge is -2.27. The van der Waals surface area contributed by atoms with Crippen LogP contribution in [0, 0.1) is 17.1 Å². The molecule has 0 unspecified atom stereocenters. The van der Waals surface area contributed by atoms with Crippen LogP contribution in [-0.4, -0.2) is 32.8 Å². The molecule has 156 valence electrons. The molecule has 0 atom stereocenters. The molecule has 1 saturated heterocycles. The molecule has 31 heavy (non-hydrogen) atoms. The van der Waals surface area contributed by atoms with Crippen LogP contribution in [0.5, 0.6) is 0 Å². The van der Waals surface area contributed by atoms with E-state index >= 15 is 0 Å². The number of benzene rings is 1. The maximum Gasteiger partial charge on any atom is 0.169 e. The van der Waals surface area contributed by atoms with Crippen LogP contribution in [-0.2, 0) is 0 Å². The van der Waals surface area contributed by atoms with E-state index in [1.165, 1.54) is 10.2 Å². The summed E-state index contributed by atoms with van der Waals surface area (Å²) in [5, 5.41) is 20.9. The minimum absolute atomic E-state index is 0. The molecule has 0 saturated carbocycles. The number of para-hydroxylation sites is 1. The molecule has 0 aliphatic carbocycles. The highest BCUT2D eigenvalue weighted by atomic mass is 35.5. The molecule has 0 bridgehead atoms. The number of anilines is 2. The Kier molecular flexibility index (Phi) is 5.74. The maximum atomic E-state index is 14.4. The van der Waals surface area contributed by atoms with Crippen LogP contribution in [0.1, 0.15) is 17.0 Å². The Morgan fingerprint density at radius 2 is 2.03 bits per heavy atom. The van der Waals surface area contributed by atoms with Gasteiger partial charge in [-0.3, -0.25) is 0 Å². The summed E-state index contributed by atoms with van der Waals surface area (Å²) in [7, 11) is 0. The number of nitrogens with zero attached hydrogens (tertiary/aromatic N) is 5. The quantitative estimate of drug-likeness (QED) is 0.475. The number of halogens is 3. The van der Waals surface area contributed by atoms with E-state index < -0.39 is 5.82 Å². The molecule has 4 aromatic rings. The normalized spacial score (nSPS) is 13.3. The molecular weight excluding hydrogens is 440 g/mol. The Labute approximate surface area is 188 Å². The summed E-state index contributed by atoms with van der Waals surface area (Å²) in [5.74, 6) is 0.925. The van der Waals surface area contributed by atoms with Gasteiger partial charge in [-0.15, -0.1) is 12.4 Å². The lowest BCUT2D eigenvalue weighted by molar-refractivity contribution is 0.447. The Bertz CT molecular complexity index is 1290. The first kappa shape index (κ1) is 21.0. The Morgan fingerprint density at radius 3 is 2.71 bits per heavy atom. The van der Waals surface area contributed by atoms with Gasteiger partial charge < -0.3 is 10.6 Å². The first-order valence-electron chi connectivity index (χ1n) is 9.30. The van der Waals surface area contributed by atoms with E-state index in [4.69, 9.17) is 11.6 Å². The van der Waals surface area contributed by atoms with E-state index in [-0.39, 0.29) is 17.9 Å². The largest absolute Gasteiger partial charge is 0.324 e. The minimum atomic E-state index is -0.569. The Balaban J connectivity index is 0.00000231. The zero-order valence-corrected chi connectivity index (χ0v) is 17.6. The second-order valence-electron chi connectivity index (χ2n) is 7.00. The van der Waals surface area contributed by atoms with Gasteiger partial charge in [0, 0.05) is 31.4 Å². The fraction of sp³-hybridized carbons (Fsp3) is 0.143. The number of rotatable bonds is 4. The van der Waals surface area contributed by atoms with Crippen LogP contribution >= 0.6 is 24.0 Å². The van der Waals surface area contributed by atoms with E-state index in [1.807, 2.05) is 18.3 Å². The van der Waals surface area contributed by atoms with E-state index in [0.717, 1.165) is 19.3 Å². The van der Waals surface area contributed by atoms with Gasteiger partial charge in [0.15, 0.2) is 5.82 Å². The number of hydrogen-bond donors (Lipinski definition) is 2. The summed E-state index contributed by atoms with van der Waals surface area (Å²) >= 11 is 6.29. The lowest BCUT2D eigenvalue weighted by atomic mass is 9.95. The van der Waals surface area contributed by atoms with Crippen molar-refractivity contribution < 1.29 is 4.39 Å². The molecule has 2 N–H and O–H groups in total. The standard InChI is InChI=1S/C21H15ClFN7.ClH/c22-16-3-1-2-12(6-24)20(16)30-11-15-19(29-30)17(23)10-27-21(15)28-18-5-4-13(9-26-18)14-7-25-8-14;/h1-5,9-11,14,25H,7-8H2,(H,26,27,28);1H. The van der Waals surface area contributed by atoms with Gasteiger partial charge in [-0.2, -0.15) is 10.4 Å². The summed E-state index contributed by atoms with van der Waals surface area (Å²) in [6.07, 6.45) is 4.54. The summed E-state index contributed by atoms with van der Waals surface area (Å²) in [6, 6.07) is 10.9. The van der Waals surface area contributed by atoms with Crippen molar-refractivity contribution in [3.8, 4) is 11.8 Å². The SMILES string of the molecule is Cl.N#Cc1cccc(Cl)c1-n1cc2c(Nc3ccc(C4CNC4)cn3)ncc(F)c2n1. The van der Waals surface area contributed by atoms with Crippen LogP contribution in [0.25, 0.3) is 16.6 Å². The molecule has 1 aliphatic rings. The van der Waals surface area contributed by atoms with Crippen LogP contribution in [0.15, 0.2) is 48.9 Å². The van der Waals surface area contributed by atoms with Crippen molar-refractivity contribution in [1.29, 1.82) is 5.26 Å². The number of fused-ring (bicyclic) bond motifs is 1. The summed E-state index contributed by atoms with van der Waals surface area (Å²) in [6.45, 7) is 1.92. The molecule has 0 spiro atoms. The van der Waals surface area contributed by atoms with Crippen molar-refractivity contribution in [3.05, 3.63) is 70.9 Å². The molecule has 5 rings (SSSR count). The highest BCUT2D eigenvalue weighted by Gasteiger charge is 2.20. The first-order valence-corrected chi connectivity index (χ1v) is 9.68. The van der Waals surface area contributed by atoms with Gasteiger partial charge in [0.05, 0.1) is 22.2 Å². The third kappa shape index (κ3) is 3.79. The van der Waals surface area contributed by atoms with Crippen molar-refractivity contribution in [2.45, 2.75) is 5.92 Å². The van der Waals surface area contributed by atoms with E-state index in [0.29, 0.717) is 39.2 Å². The molecule has 0 radical (unpaired) electrons. The van der Waals surface area contributed by atoms with Gasteiger partial charge in [-0.1, -0.05) is 23.7 Å². The van der Waals surface area contributed by atoms with Gasteiger partial charge in [0.25, 0.3) is 0 Å². The Hall–Kier alpha value is -3.25. The fourth-order valence-corrected chi connectivity index (χ4v) is 3.66. The highest BCUT2D eigenvalue weighted by Crippen LogP contribution is 2.30. The number of aromatic nitrogens is 4. The third-order valence-electron chi connectivity index (χ3n) is 5.12. The third-order valence-corrected chi connectivity index (χ3v) is 5.43. The fourth-order valence-electron chi connectivity index (χ4n) is 3.39. The Morgan fingerprint density at radius 1 is 1.19 bits per heavy atom. The summed E-state index contributed by atoms with van der Waals surface area (Å²) < 4.78 is 15.8. The average molecular weight is 456 g/mol. The maximum absolute atomic E-state index is 14.4. The second-order valence-corrected chi connectivity index (χ2v) is 7.40. The van der Waals surface area contributed by atoms with Gasteiger partial charge in [0.1, 0.15) is 28.9 Å². The molecule has 1 aromatic carbocycles. The van der Waals surface area contributed by atoms with E-state index in [2.05, 4.69) is 31.8 Å². The highest BCUT2D eigenvalue weighted by molar-refractivity contribution is 6.32. The zero-order chi connectivity index (χ0) is 20.7. The smallest absolute Gasteiger partial charge is 0.169 e. The molecule has 4 heterocycles. The van der Waals surface area contributed by atoms with E-state index in [1.54, 1.807) is 24.4 Å². The number of nitriles is 1. The monoisotopic (exact) mass is 455 g/mol. The predicted octanol–water partition coefficient (Wildman–Crippen LogP) is 4.33. The summed E-state index contributed by atoms with van der Waals surface area (Å²) in [5.41, 5.74) is 2.02. The molecule has 1 fully saturated rings. The van der Waals surface area contributed by atoms with Crippen molar-refractivity contribution in [1.82, 2.24) is 25.1 Å². The number of hydrogen-bond acceptors (Lipinski definition) is 6. The number of nitrogens with one attached hydrogen (secondary N) is 2. The van der Waals surface area contributed by atoms with Crippen molar-refractivity contribution in [3.63, 3.8) is 0 Å². The molecule has 1 aliphatic heterocycles.